The van der Waals surface area contributed by atoms with E-state index in [4.69, 9.17) is 32.4 Å². The first-order chi connectivity index (χ1) is 11.0. The van der Waals surface area contributed by atoms with Gasteiger partial charge in [-0.1, -0.05) is 49.9 Å². The maximum atomic E-state index is 12.1. The minimum absolute atomic E-state index is 0.100. The van der Waals surface area contributed by atoms with Crippen LogP contribution < -0.4 is 0 Å². The zero-order valence-corrected chi connectivity index (χ0v) is 14.5. The summed E-state index contributed by atoms with van der Waals surface area (Å²) < 4.78 is 10.4. The van der Waals surface area contributed by atoms with Crippen LogP contribution in [0.15, 0.2) is 22.6 Å². The predicted octanol–water partition coefficient (Wildman–Crippen LogP) is 5.29. The van der Waals surface area contributed by atoms with E-state index >= 15 is 0 Å². The molecule has 4 nitrogen and oxygen atoms in total. The number of carbonyl (C=O) groups is 2. The van der Waals surface area contributed by atoms with Crippen LogP contribution in [0.25, 0.3) is 11.0 Å². The zero-order valence-electron chi connectivity index (χ0n) is 13.0. The summed E-state index contributed by atoms with van der Waals surface area (Å²) in [5.74, 6) is -1.35. The fourth-order valence-corrected chi connectivity index (χ4v) is 2.72. The number of esters is 1. The van der Waals surface area contributed by atoms with Crippen LogP contribution >= 0.6 is 23.2 Å². The van der Waals surface area contributed by atoms with E-state index in [1.807, 2.05) is 0 Å². The molecule has 6 heteroatoms. The van der Waals surface area contributed by atoms with Crippen LogP contribution in [0.4, 0.5) is 0 Å². The molecule has 0 bridgehead atoms. The van der Waals surface area contributed by atoms with Crippen molar-refractivity contribution in [2.75, 3.05) is 6.61 Å². The number of furan rings is 1. The molecule has 124 valence electrons. The molecule has 0 atom stereocenters. The van der Waals surface area contributed by atoms with Gasteiger partial charge in [-0.05, 0) is 30.5 Å². The Hall–Kier alpha value is -1.52. The van der Waals surface area contributed by atoms with Crippen molar-refractivity contribution in [3.05, 3.63) is 34.0 Å². The lowest BCUT2D eigenvalue weighted by molar-refractivity contribution is -0.138. The molecule has 0 aliphatic heterocycles. The summed E-state index contributed by atoms with van der Waals surface area (Å²) in [4.78, 5) is 23.9. The summed E-state index contributed by atoms with van der Waals surface area (Å²) >= 11 is 12.0. The molecule has 2 rings (SSSR count). The molecule has 0 fully saturated rings. The second kappa shape index (κ2) is 7.84. The highest BCUT2D eigenvalue weighted by Gasteiger charge is 2.23. The van der Waals surface area contributed by atoms with Crippen LogP contribution in [0, 0.1) is 5.92 Å². The van der Waals surface area contributed by atoms with Crippen molar-refractivity contribution in [2.24, 2.45) is 5.92 Å². The fourth-order valence-electron chi connectivity index (χ4n) is 2.34. The molecule has 2 aromatic rings. The van der Waals surface area contributed by atoms with E-state index in [2.05, 4.69) is 13.8 Å². The molecular weight excluding hydrogens is 339 g/mol. The van der Waals surface area contributed by atoms with Gasteiger partial charge in [-0.3, -0.25) is 4.79 Å². The van der Waals surface area contributed by atoms with Crippen molar-refractivity contribution in [1.82, 2.24) is 0 Å². The number of hydrogen-bond donors (Lipinski definition) is 0. The molecule has 0 amide bonds. The molecule has 0 saturated carbocycles. The molecule has 0 N–H and O–H groups in total. The largest absolute Gasteiger partial charge is 0.460 e. The van der Waals surface area contributed by atoms with Crippen LogP contribution in [-0.2, 0) is 9.53 Å². The third-order valence-electron chi connectivity index (χ3n) is 3.91. The molecule has 1 aromatic carbocycles. The van der Waals surface area contributed by atoms with Crippen LogP contribution in [-0.4, -0.2) is 18.4 Å². The number of Topliss-reactive ketones (excluding diaryl/α,β-unsaturated/α-hetero) is 1. The van der Waals surface area contributed by atoms with Crippen LogP contribution in [0.5, 0.6) is 0 Å². The second-order valence-corrected chi connectivity index (χ2v) is 6.11. The predicted molar refractivity (Wildman–Crippen MR) is 90.2 cm³/mol. The summed E-state index contributed by atoms with van der Waals surface area (Å²) in [7, 11) is 0. The van der Waals surface area contributed by atoms with Gasteiger partial charge in [0.1, 0.15) is 5.58 Å². The van der Waals surface area contributed by atoms with Crippen molar-refractivity contribution in [2.45, 2.75) is 33.1 Å². The van der Waals surface area contributed by atoms with Gasteiger partial charge in [0.15, 0.2) is 5.76 Å². The SMILES string of the molecule is CCC(CC)CCOC(=O)C(=O)c1cc2c(Cl)c(Cl)ccc2o1. The average molecular weight is 357 g/mol. The highest BCUT2D eigenvalue weighted by Crippen LogP contribution is 2.32. The smallest absolute Gasteiger partial charge is 0.383 e. The molecule has 0 aliphatic rings. The van der Waals surface area contributed by atoms with Crippen molar-refractivity contribution < 1.29 is 18.7 Å². The first kappa shape index (κ1) is 17.8. The maximum absolute atomic E-state index is 12.1. The number of benzene rings is 1. The van der Waals surface area contributed by atoms with E-state index in [9.17, 15) is 9.59 Å². The lowest BCUT2D eigenvalue weighted by Gasteiger charge is -2.11. The molecule has 0 radical (unpaired) electrons. The number of hydrogen-bond acceptors (Lipinski definition) is 4. The summed E-state index contributed by atoms with van der Waals surface area (Å²) in [5, 5.41) is 1.13. The molecule has 0 spiro atoms. The lowest BCUT2D eigenvalue weighted by Crippen LogP contribution is -2.18. The number of ether oxygens (including phenoxy) is 1. The van der Waals surface area contributed by atoms with E-state index in [1.165, 1.54) is 6.07 Å². The zero-order chi connectivity index (χ0) is 17.0. The van der Waals surface area contributed by atoms with Gasteiger partial charge in [0, 0.05) is 5.39 Å². The number of halogens is 2. The van der Waals surface area contributed by atoms with Crippen LogP contribution in [0.1, 0.15) is 43.7 Å². The Labute approximate surface area is 144 Å². The van der Waals surface area contributed by atoms with E-state index in [0.717, 1.165) is 19.3 Å². The number of rotatable bonds is 7. The third-order valence-corrected chi connectivity index (χ3v) is 4.73. The van der Waals surface area contributed by atoms with Gasteiger partial charge in [-0.25, -0.2) is 4.79 Å². The Morgan fingerprint density at radius 3 is 2.57 bits per heavy atom. The van der Waals surface area contributed by atoms with E-state index < -0.39 is 11.8 Å². The summed E-state index contributed by atoms with van der Waals surface area (Å²) in [5.41, 5.74) is 0.396. The van der Waals surface area contributed by atoms with Gasteiger partial charge in [-0.15, -0.1) is 0 Å². The summed E-state index contributed by atoms with van der Waals surface area (Å²) in [6.07, 6.45) is 2.78. The number of ketones is 1. The first-order valence-electron chi connectivity index (χ1n) is 7.56. The van der Waals surface area contributed by atoms with Gasteiger partial charge in [0.05, 0.1) is 16.7 Å². The van der Waals surface area contributed by atoms with Crippen molar-refractivity contribution >= 4 is 45.9 Å². The third kappa shape index (κ3) is 4.06. The average Bonchev–Trinajstić information content (AvgIpc) is 2.99. The molecule has 1 aromatic heterocycles. The van der Waals surface area contributed by atoms with Crippen molar-refractivity contribution in [3.63, 3.8) is 0 Å². The quantitative estimate of drug-likeness (QED) is 0.384. The monoisotopic (exact) mass is 356 g/mol. The van der Waals surface area contributed by atoms with Crippen molar-refractivity contribution in [1.29, 1.82) is 0 Å². The Morgan fingerprint density at radius 2 is 1.91 bits per heavy atom. The normalized spacial score (nSPS) is 11.2. The Morgan fingerprint density at radius 1 is 1.22 bits per heavy atom. The lowest BCUT2D eigenvalue weighted by atomic mass is 10.0. The van der Waals surface area contributed by atoms with Crippen LogP contribution in [0.3, 0.4) is 0 Å². The highest BCUT2D eigenvalue weighted by atomic mass is 35.5. The molecule has 0 aliphatic carbocycles. The Balaban J connectivity index is 2.05. The van der Waals surface area contributed by atoms with Gasteiger partial charge < -0.3 is 9.15 Å². The standard InChI is InChI=1S/C17H18Cl2O4/c1-3-10(4-2)7-8-22-17(21)16(20)14-9-11-13(23-14)6-5-12(18)15(11)19/h5-6,9-10H,3-4,7-8H2,1-2H3. The Bertz CT molecular complexity index is 717. The molecular formula is C17H18Cl2O4. The molecule has 0 saturated heterocycles. The van der Waals surface area contributed by atoms with Crippen molar-refractivity contribution in [3.8, 4) is 0 Å². The summed E-state index contributed by atoms with van der Waals surface area (Å²) in [6, 6.07) is 4.57. The molecule has 0 unspecified atom stereocenters. The highest BCUT2D eigenvalue weighted by molar-refractivity contribution is 6.45. The van der Waals surface area contributed by atoms with Gasteiger partial charge >= 0.3 is 11.8 Å². The van der Waals surface area contributed by atoms with E-state index in [1.54, 1.807) is 12.1 Å². The van der Waals surface area contributed by atoms with Gasteiger partial charge in [0.25, 0.3) is 0 Å². The minimum Gasteiger partial charge on any atom is -0.460 e. The number of carbonyl (C=O) groups excluding carboxylic acids is 2. The topological polar surface area (TPSA) is 56.5 Å². The first-order valence-corrected chi connectivity index (χ1v) is 8.32. The summed E-state index contributed by atoms with van der Waals surface area (Å²) in [6.45, 7) is 4.40. The van der Waals surface area contributed by atoms with Gasteiger partial charge in [0.2, 0.25) is 0 Å². The Kier molecular flexibility index (Phi) is 6.08. The molecule has 1 heterocycles. The minimum atomic E-state index is -0.919. The van der Waals surface area contributed by atoms with Gasteiger partial charge in [-0.2, -0.15) is 0 Å². The van der Waals surface area contributed by atoms with E-state index in [-0.39, 0.29) is 17.4 Å². The fraction of sp³-hybridized carbons (Fsp3) is 0.412. The second-order valence-electron chi connectivity index (χ2n) is 5.32. The molecule has 23 heavy (non-hydrogen) atoms. The van der Waals surface area contributed by atoms with E-state index in [0.29, 0.717) is 21.9 Å². The maximum Gasteiger partial charge on any atom is 0.383 e. The van der Waals surface area contributed by atoms with Crippen LogP contribution in [0.2, 0.25) is 10.0 Å². The number of fused-ring (bicyclic) bond motifs is 1.